The van der Waals surface area contributed by atoms with Crippen molar-refractivity contribution < 1.29 is 23.1 Å². The van der Waals surface area contributed by atoms with Gasteiger partial charge in [0, 0.05) is 0 Å². The first-order chi connectivity index (χ1) is 12.4. The summed E-state index contributed by atoms with van der Waals surface area (Å²) in [5, 5.41) is 0. The fraction of sp³-hybridized carbons (Fsp3) is 0.312. The van der Waals surface area contributed by atoms with Crippen molar-refractivity contribution in [2.75, 3.05) is 20.3 Å². The van der Waals surface area contributed by atoms with Crippen LogP contribution < -0.4 is 11.0 Å². The van der Waals surface area contributed by atoms with Crippen LogP contribution in [0, 0.1) is 4.77 Å². The number of hydrogen-bond donors (Lipinski definition) is 1. The van der Waals surface area contributed by atoms with E-state index in [9.17, 15) is 14.2 Å². The molecule has 1 aromatic heterocycles. The number of ether oxygens (including phenoxy) is 1. The molecule has 0 aliphatic carbocycles. The van der Waals surface area contributed by atoms with Crippen LogP contribution in [-0.4, -0.2) is 35.8 Å². The number of carbonyl (C=O) groups is 1. The van der Waals surface area contributed by atoms with E-state index in [-0.39, 0.29) is 23.4 Å². The topological polar surface area (TPSA) is 99.6 Å². The monoisotopic (exact) mass is 398 g/mol. The Labute approximate surface area is 155 Å². The largest absolute Gasteiger partial charge is 0.465 e. The quantitative estimate of drug-likeness (QED) is 0.435. The van der Waals surface area contributed by atoms with Crippen LogP contribution in [0.15, 0.2) is 35.1 Å². The Morgan fingerprint density at radius 3 is 2.27 bits per heavy atom. The third-order valence-electron chi connectivity index (χ3n) is 3.36. The molecule has 0 unspecified atom stereocenters. The number of para-hydroxylation sites is 1. The van der Waals surface area contributed by atoms with Gasteiger partial charge in [-0.05, 0) is 38.2 Å². The smallest absolute Gasteiger partial charge is 0.378 e. The predicted molar refractivity (Wildman–Crippen MR) is 99.1 cm³/mol. The summed E-state index contributed by atoms with van der Waals surface area (Å²) in [4.78, 5) is 28.0. The van der Waals surface area contributed by atoms with Gasteiger partial charge in [-0.25, -0.2) is 4.79 Å². The lowest BCUT2D eigenvalue weighted by molar-refractivity contribution is 0.0598. The van der Waals surface area contributed by atoms with E-state index in [1.807, 2.05) is 0 Å². The molecule has 0 bridgehead atoms. The molecule has 0 fully saturated rings. The zero-order chi connectivity index (χ0) is 19.3. The lowest BCUT2D eigenvalue weighted by Crippen LogP contribution is -2.37. The number of hydrogen-bond acceptors (Lipinski definition) is 7. The van der Waals surface area contributed by atoms with Gasteiger partial charge in [0.05, 0.1) is 26.0 Å². The van der Waals surface area contributed by atoms with Gasteiger partial charge in [0.25, 0.3) is 5.56 Å². The number of aromatic nitrogens is 2. The third kappa shape index (κ3) is 3.86. The molecule has 26 heavy (non-hydrogen) atoms. The number of rotatable bonds is 7. The van der Waals surface area contributed by atoms with E-state index in [0.717, 1.165) is 11.7 Å². The third-order valence-corrected chi connectivity index (χ3v) is 5.72. The molecule has 0 spiro atoms. The Balaban J connectivity index is 2.87. The molecule has 8 nitrogen and oxygen atoms in total. The molecule has 0 aliphatic rings. The number of carbonyl (C=O) groups excluding carboxylic acids is 1. The zero-order valence-corrected chi connectivity index (χ0v) is 16.3. The van der Waals surface area contributed by atoms with E-state index in [1.165, 1.54) is 0 Å². The molecule has 0 radical (unpaired) electrons. The lowest BCUT2D eigenvalue weighted by Gasteiger charge is -2.20. The van der Waals surface area contributed by atoms with Crippen LogP contribution >= 0.6 is 19.8 Å². The first-order valence-corrected chi connectivity index (χ1v) is 9.77. The minimum atomic E-state index is -3.98. The summed E-state index contributed by atoms with van der Waals surface area (Å²) >= 11 is 5.25. The molecule has 0 amide bonds. The summed E-state index contributed by atoms with van der Waals surface area (Å²) in [5.74, 6) is -0.972. The molecule has 1 N–H and O–H groups in total. The minimum Gasteiger partial charge on any atom is -0.465 e. The van der Waals surface area contributed by atoms with Gasteiger partial charge < -0.3 is 18.8 Å². The summed E-state index contributed by atoms with van der Waals surface area (Å²) in [5.41, 5.74) is -1.12. The van der Waals surface area contributed by atoms with Crippen LogP contribution in [0.25, 0.3) is 5.69 Å². The lowest BCUT2D eigenvalue weighted by atomic mass is 10.3. The first kappa shape index (κ1) is 20.3. The van der Waals surface area contributed by atoms with Crippen LogP contribution in [0.2, 0.25) is 0 Å². The highest BCUT2D eigenvalue weighted by Crippen LogP contribution is 2.46. The Hall–Kier alpha value is -2.06. The predicted octanol–water partition coefficient (Wildman–Crippen LogP) is 2.57. The number of benzene rings is 1. The van der Waals surface area contributed by atoms with Crippen molar-refractivity contribution in [2.45, 2.75) is 13.8 Å². The number of H-pyrrole nitrogens is 1. The number of esters is 1. The average molecular weight is 398 g/mol. The van der Waals surface area contributed by atoms with Crippen LogP contribution in [0.3, 0.4) is 0 Å². The molecule has 0 atom stereocenters. The standard InChI is InChI=1S/C16H19N2O6PS/c1-4-23-25(21,24-5-2)13-12(15(20)22-3)14(19)18(16(26)17-13)11-9-7-6-8-10-11/h6-10H,4-5H2,1-3H3,(H,17,26). The highest BCUT2D eigenvalue weighted by Gasteiger charge is 2.36. The van der Waals surface area contributed by atoms with E-state index in [1.54, 1.807) is 44.2 Å². The van der Waals surface area contributed by atoms with E-state index in [4.69, 9.17) is 26.0 Å². The molecule has 10 heteroatoms. The Bertz CT molecular complexity index is 943. The molecule has 0 saturated heterocycles. The van der Waals surface area contributed by atoms with Crippen LogP contribution in [0.5, 0.6) is 0 Å². The second-order valence-electron chi connectivity index (χ2n) is 4.95. The molecule has 2 aromatic rings. The maximum Gasteiger partial charge on any atom is 0.378 e. The van der Waals surface area contributed by atoms with Crippen LogP contribution in [-0.2, 0) is 18.3 Å². The summed E-state index contributed by atoms with van der Waals surface area (Å²) < 4.78 is 29.4. The molecular formula is C16H19N2O6PS. The van der Waals surface area contributed by atoms with Crippen molar-refractivity contribution in [3.63, 3.8) is 0 Å². The highest BCUT2D eigenvalue weighted by molar-refractivity contribution is 7.71. The molecule has 1 heterocycles. The highest BCUT2D eigenvalue weighted by atomic mass is 32.1. The van der Waals surface area contributed by atoms with Crippen molar-refractivity contribution in [1.29, 1.82) is 0 Å². The number of nitrogens with zero attached hydrogens (tertiary/aromatic N) is 1. The Morgan fingerprint density at radius 2 is 1.77 bits per heavy atom. The summed E-state index contributed by atoms with van der Waals surface area (Å²) in [6.45, 7) is 3.31. The second kappa shape index (κ2) is 8.55. The van der Waals surface area contributed by atoms with Gasteiger partial charge in [0.15, 0.2) is 15.8 Å². The number of nitrogens with one attached hydrogen (secondary N) is 1. The van der Waals surface area contributed by atoms with Gasteiger partial charge in [0.1, 0.15) is 0 Å². The summed E-state index contributed by atoms with van der Waals surface area (Å²) in [7, 11) is -2.86. The van der Waals surface area contributed by atoms with Crippen molar-refractivity contribution in [3.8, 4) is 5.69 Å². The Morgan fingerprint density at radius 1 is 1.19 bits per heavy atom. The minimum absolute atomic E-state index is 0.0419. The SMILES string of the molecule is CCOP(=O)(OCC)c1[nH]c(=S)n(-c2ccccc2)c(=O)c1C(=O)OC. The van der Waals surface area contributed by atoms with E-state index >= 15 is 0 Å². The fourth-order valence-electron chi connectivity index (χ4n) is 2.33. The van der Waals surface area contributed by atoms with E-state index < -0.39 is 24.7 Å². The van der Waals surface area contributed by atoms with E-state index in [0.29, 0.717) is 5.69 Å². The summed E-state index contributed by atoms with van der Waals surface area (Å²) in [6.07, 6.45) is 0. The fourth-order valence-corrected chi connectivity index (χ4v) is 4.42. The first-order valence-electron chi connectivity index (χ1n) is 7.82. The maximum absolute atomic E-state index is 13.1. The molecule has 1 aromatic carbocycles. The summed E-state index contributed by atoms with van der Waals surface area (Å²) in [6, 6.07) is 8.50. The van der Waals surface area contributed by atoms with Crippen molar-refractivity contribution in [1.82, 2.24) is 9.55 Å². The van der Waals surface area contributed by atoms with Gasteiger partial charge in [-0.2, -0.15) is 0 Å². The Kier molecular flexibility index (Phi) is 6.66. The average Bonchev–Trinajstić information content (AvgIpc) is 2.62. The van der Waals surface area contributed by atoms with Crippen molar-refractivity contribution in [3.05, 3.63) is 51.0 Å². The van der Waals surface area contributed by atoms with Gasteiger partial charge in [-0.3, -0.25) is 13.9 Å². The van der Waals surface area contributed by atoms with Gasteiger partial charge in [-0.15, -0.1) is 0 Å². The molecule has 0 saturated carbocycles. The van der Waals surface area contributed by atoms with Crippen LogP contribution in [0.4, 0.5) is 0 Å². The van der Waals surface area contributed by atoms with Gasteiger partial charge in [0.2, 0.25) is 0 Å². The van der Waals surface area contributed by atoms with Crippen molar-refractivity contribution in [2.24, 2.45) is 0 Å². The molecule has 2 rings (SSSR count). The van der Waals surface area contributed by atoms with Crippen molar-refractivity contribution >= 4 is 31.2 Å². The molecule has 0 aliphatic heterocycles. The van der Waals surface area contributed by atoms with Crippen LogP contribution in [0.1, 0.15) is 24.2 Å². The zero-order valence-electron chi connectivity index (χ0n) is 14.6. The maximum atomic E-state index is 13.1. The second-order valence-corrected chi connectivity index (χ2v) is 7.30. The van der Waals surface area contributed by atoms with Gasteiger partial charge >= 0.3 is 13.6 Å². The number of aromatic amines is 1. The molecule has 140 valence electrons. The number of methoxy groups -OCH3 is 1. The normalized spacial score (nSPS) is 11.3. The molecular weight excluding hydrogens is 379 g/mol. The van der Waals surface area contributed by atoms with E-state index in [2.05, 4.69) is 4.98 Å². The van der Waals surface area contributed by atoms with Gasteiger partial charge in [-0.1, -0.05) is 18.2 Å².